The van der Waals surface area contributed by atoms with Crippen LogP contribution in [0.1, 0.15) is 30.7 Å². The molecule has 17 heavy (non-hydrogen) atoms. The van der Waals surface area contributed by atoms with Gasteiger partial charge in [0, 0.05) is 0 Å². The van der Waals surface area contributed by atoms with E-state index in [-0.39, 0.29) is 5.60 Å². The fourth-order valence-corrected chi connectivity index (χ4v) is 5.14. The summed E-state index contributed by atoms with van der Waals surface area (Å²) in [7, 11) is -1.38. The van der Waals surface area contributed by atoms with Crippen LogP contribution in [0.2, 0.25) is 19.6 Å². The molecule has 1 aromatic rings. The molecule has 2 aliphatic carbocycles. The highest BCUT2D eigenvalue weighted by Crippen LogP contribution is 2.65. The summed E-state index contributed by atoms with van der Waals surface area (Å²) in [6, 6.07) is 11.0. The Morgan fingerprint density at radius 2 is 1.88 bits per heavy atom. The average Bonchev–Trinajstić information content (AvgIpc) is 2.82. The molecule has 1 nitrogen and oxygen atoms in total. The second-order valence-electron chi connectivity index (χ2n) is 6.65. The van der Waals surface area contributed by atoms with Crippen molar-refractivity contribution in [3.8, 4) is 0 Å². The molecule has 3 rings (SSSR count). The van der Waals surface area contributed by atoms with Gasteiger partial charge in [-0.05, 0) is 56.3 Å². The number of benzene rings is 1. The van der Waals surface area contributed by atoms with Crippen LogP contribution >= 0.6 is 0 Å². The van der Waals surface area contributed by atoms with Crippen molar-refractivity contribution in [3.05, 3.63) is 35.9 Å². The van der Waals surface area contributed by atoms with Gasteiger partial charge >= 0.3 is 0 Å². The molecular weight excluding hydrogens is 224 g/mol. The highest BCUT2D eigenvalue weighted by Gasteiger charge is 2.63. The van der Waals surface area contributed by atoms with Crippen LogP contribution in [0, 0.1) is 5.92 Å². The molecule has 0 amide bonds. The molecule has 3 unspecified atom stereocenters. The van der Waals surface area contributed by atoms with E-state index in [0.717, 1.165) is 11.8 Å². The molecule has 2 aliphatic rings. The minimum Gasteiger partial charge on any atom is -0.412 e. The van der Waals surface area contributed by atoms with Gasteiger partial charge in [-0.25, -0.2) is 0 Å². The standard InChI is InChI=1S/C15H22OSi/c1-17(2,3)16-15-10-9-13(14(15)11-15)12-7-5-4-6-8-12/h4-8,13-14H,9-11H2,1-3H3. The van der Waals surface area contributed by atoms with Gasteiger partial charge in [0.2, 0.25) is 0 Å². The molecule has 3 atom stereocenters. The first-order chi connectivity index (χ1) is 8.00. The summed E-state index contributed by atoms with van der Waals surface area (Å²) in [6.07, 6.45) is 3.90. The van der Waals surface area contributed by atoms with Gasteiger partial charge in [0.05, 0.1) is 5.60 Å². The Kier molecular flexibility index (Phi) is 2.49. The second kappa shape index (κ2) is 3.69. The van der Waals surface area contributed by atoms with Gasteiger partial charge in [0.25, 0.3) is 0 Å². The van der Waals surface area contributed by atoms with Crippen LogP contribution in [-0.4, -0.2) is 13.9 Å². The van der Waals surface area contributed by atoms with Crippen LogP contribution in [0.4, 0.5) is 0 Å². The molecule has 0 aromatic heterocycles. The highest BCUT2D eigenvalue weighted by molar-refractivity contribution is 6.69. The fourth-order valence-electron chi connectivity index (χ4n) is 3.59. The Morgan fingerprint density at radius 1 is 1.18 bits per heavy atom. The molecule has 2 heteroatoms. The fraction of sp³-hybridized carbons (Fsp3) is 0.600. The van der Waals surface area contributed by atoms with Gasteiger partial charge in [-0.1, -0.05) is 30.3 Å². The average molecular weight is 246 g/mol. The maximum absolute atomic E-state index is 6.45. The molecule has 0 N–H and O–H groups in total. The smallest absolute Gasteiger partial charge is 0.184 e. The van der Waals surface area contributed by atoms with Crippen LogP contribution in [-0.2, 0) is 4.43 Å². The number of fused-ring (bicyclic) bond motifs is 1. The Bertz CT molecular complexity index is 409. The van der Waals surface area contributed by atoms with Gasteiger partial charge in [0.15, 0.2) is 8.32 Å². The quantitative estimate of drug-likeness (QED) is 0.727. The van der Waals surface area contributed by atoms with Crippen LogP contribution in [0.3, 0.4) is 0 Å². The molecule has 0 aliphatic heterocycles. The van der Waals surface area contributed by atoms with Gasteiger partial charge in [-0.15, -0.1) is 0 Å². The Balaban J connectivity index is 1.75. The summed E-state index contributed by atoms with van der Waals surface area (Å²) in [4.78, 5) is 0. The summed E-state index contributed by atoms with van der Waals surface area (Å²) in [6.45, 7) is 6.94. The van der Waals surface area contributed by atoms with Crippen molar-refractivity contribution in [2.45, 2.75) is 50.4 Å². The molecule has 0 bridgehead atoms. The van der Waals surface area contributed by atoms with Crippen LogP contribution < -0.4 is 0 Å². The van der Waals surface area contributed by atoms with E-state index in [4.69, 9.17) is 4.43 Å². The van der Waals surface area contributed by atoms with Gasteiger partial charge < -0.3 is 4.43 Å². The van der Waals surface area contributed by atoms with E-state index in [9.17, 15) is 0 Å². The van der Waals surface area contributed by atoms with Gasteiger partial charge in [-0.2, -0.15) is 0 Å². The van der Waals surface area contributed by atoms with Crippen molar-refractivity contribution in [1.29, 1.82) is 0 Å². The maximum atomic E-state index is 6.45. The molecule has 0 spiro atoms. The van der Waals surface area contributed by atoms with Crippen molar-refractivity contribution in [1.82, 2.24) is 0 Å². The predicted octanol–water partition coefficient (Wildman–Crippen LogP) is 4.17. The molecule has 0 heterocycles. The number of hydrogen-bond donors (Lipinski definition) is 0. The van der Waals surface area contributed by atoms with Crippen molar-refractivity contribution < 1.29 is 4.43 Å². The first-order valence-corrected chi connectivity index (χ1v) is 10.2. The van der Waals surface area contributed by atoms with E-state index in [2.05, 4.69) is 50.0 Å². The maximum Gasteiger partial charge on any atom is 0.184 e. The van der Waals surface area contributed by atoms with Gasteiger partial charge in [0.1, 0.15) is 0 Å². The monoisotopic (exact) mass is 246 g/mol. The minimum absolute atomic E-state index is 0.283. The molecular formula is C15H22OSi. The summed E-state index contributed by atoms with van der Waals surface area (Å²) in [5.74, 6) is 1.56. The molecule has 2 fully saturated rings. The topological polar surface area (TPSA) is 9.23 Å². The number of rotatable bonds is 3. The molecule has 2 saturated carbocycles. The lowest BCUT2D eigenvalue weighted by Crippen LogP contribution is -2.33. The highest BCUT2D eigenvalue weighted by atomic mass is 28.4. The second-order valence-corrected chi connectivity index (χ2v) is 11.1. The predicted molar refractivity (Wildman–Crippen MR) is 73.7 cm³/mol. The zero-order valence-electron chi connectivity index (χ0n) is 11.1. The molecule has 0 saturated heterocycles. The molecule has 92 valence electrons. The van der Waals surface area contributed by atoms with Crippen LogP contribution in [0.25, 0.3) is 0 Å². The largest absolute Gasteiger partial charge is 0.412 e. The van der Waals surface area contributed by atoms with E-state index in [0.29, 0.717) is 0 Å². The zero-order valence-corrected chi connectivity index (χ0v) is 12.1. The first kappa shape index (κ1) is 11.5. The normalized spacial score (nSPS) is 35.7. The number of hydrogen-bond acceptors (Lipinski definition) is 1. The Hall–Kier alpha value is -0.603. The van der Waals surface area contributed by atoms with Crippen molar-refractivity contribution in [2.24, 2.45) is 5.92 Å². The third kappa shape index (κ3) is 2.09. The third-order valence-electron chi connectivity index (χ3n) is 4.18. The Morgan fingerprint density at radius 3 is 2.47 bits per heavy atom. The summed E-state index contributed by atoms with van der Waals surface area (Å²) in [5.41, 5.74) is 1.81. The van der Waals surface area contributed by atoms with Crippen molar-refractivity contribution in [3.63, 3.8) is 0 Å². The lowest BCUT2D eigenvalue weighted by Gasteiger charge is -2.24. The van der Waals surface area contributed by atoms with E-state index in [1.54, 1.807) is 0 Å². The van der Waals surface area contributed by atoms with Crippen molar-refractivity contribution in [2.75, 3.05) is 0 Å². The third-order valence-corrected chi connectivity index (χ3v) is 5.20. The van der Waals surface area contributed by atoms with E-state index in [1.807, 2.05) is 0 Å². The molecule has 0 radical (unpaired) electrons. The van der Waals surface area contributed by atoms with Crippen molar-refractivity contribution >= 4 is 8.32 Å². The zero-order chi connectivity index (χ0) is 12.1. The molecule has 1 aromatic carbocycles. The lowest BCUT2D eigenvalue weighted by atomic mass is 9.94. The minimum atomic E-state index is -1.38. The summed E-state index contributed by atoms with van der Waals surface area (Å²) < 4.78 is 6.45. The summed E-state index contributed by atoms with van der Waals surface area (Å²) in [5, 5.41) is 0. The SMILES string of the molecule is C[Si](C)(C)OC12CCC(c3ccccc3)C1C2. The lowest BCUT2D eigenvalue weighted by molar-refractivity contribution is 0.162. The van der Waals surface area contributed by atoms with Crippen LogP contribution in [0.5, 0.6) is 0 Å². The Labute approximate surface area is 105 Å². The first-order valence-electron chi connectivity index (χ1n) is 6.75. The van der Waals surface area contributed by atoms with E-state index >= 15 is 0 Å². The summed E-state index contributed by atoms with van der Waals surface area (Å²) >= 11 is 0. The van der Waals surface area contributed by atoms with E-state index < -0.39 is 8.32 Å². The van der Waals surface area contributed by atoms with Crippen LogP contribution in [0.15, 0.2) is 30.3 Å². The van der Waals surface area contributed by atoms with E-state index in [1.165, 1.54) is 24.8 Å². The van der Waals surface area contributed by atoms with Gasteiger partial charge in [-0.3, -0.25) is 0 Å².